The van der Waals surface area contributed by atoms with Gasteiger partial charge >= 0.3 is 5.97 Å². The molecule has 2 rings (SSSR count). The third-order valence-electron chi connectivity index (χ3n) is 3.27. The van der Waals surface area contributed by atoms with Gasteiger partial charge in [-0.25, -0.2) is 4.79 Å². The van der Waals surface area contributed by atoms with Gasteiger partial charge in [0.1, 0.15) is 5.56 Å². The highest BCUT2D eigenvalue weighted by Gasteiger charge is 2.18. The lowest BCUT2D eigenvalue weighted by atomic mass is 9.83. The number of nitrogen functional groups attached to an aromatic ring is 1. The van der Waals surface area contributed by atoms with Gasteiger partial charge in [0.15, 0.2) is 5.75 Å². The Kier molecular flexibility index (Phi) is 3.52. The molecule has 4 heteroatoms. The maximum absolute atomic E-state index is 11.0. The third kappa shape index (κ3) is 2.70. The van der Waals surface area contributed by atoms with E-state index in [-0.39, 0.29) is 5.56 Å². The van der Waals surface area contributed by atoms with Gasteiger partial charge < -0.3 is 15.6 Å². The zero-order chi connectivity index (χ0) is 12.3. The molecule has 0 bridgehead atoms. The molecule has 0 saturated heterocycles. The summed E-state index contributed by atoms with van der Waals surface area (Å²) in [6.45, 7) is 0.541. The topological polar surface area (TPSA) is 72.6 Å². The zero-order valence-corrected chi connectivity index (χ0v) is 9.69. The molecule has 0 radical (unpaired) electrons. The summed E-state index contributed by atoms with van der Waals surface area (Å²) in [6, 6.07) is 4.79. The third-order valence-corrected chi connectivity index (χ3v) is 3.27. The molecule has 1 fully saturated rings. The Labute approximate surface area is 100 Å². The molecule has 1 aliphatic carbocycles. The molecule has 0 aliphatic heterocycles. The van der Waals surface area contributed by atoms with Crippen LogP contribution in [-0.2, 0) is 0 Å². The summed E-state index contributed by atoms with van der Waals surface area (Å²) in [7, 11) is 0. The number of rotatable bonds is 5. The summed E-state index contributed by atoms with van der Waals surface area (Å²) in [4.78, 5) is 11.0. The molecule has 1 aromatic rings. The number of carbonyl (C=O) groups is 1. The molecule has 92 valence electrons. The SMILES string of the molecule is Nc1cccc(C(=O)O)c1OCCC1CCC1. The Morgan fingerprint density at radius 3 is 2.82 bits per heavy atom. The Morgan fingerprint density at radius 1 is 1.47 bits per heavy atom. The van der Waals surface area contributed by atoms with Crippen molar-refractivity contribution in [3.63, 3.8) is 0 Å². The number of nitrogens with two attached hydrogens (primary N) is 1. The Bertz CT molecular complexity index is 413. The molecular formula is C13H17NO3. The minimum absolute atomic E-state index is 0.138. The molecule has 1 aromatic carbocycles. The van der Waals surface area contributed by atoms with E-state index in [4.69, 9.17) is 15.6 Å². The average molecular weight is 235 g/mol. The van der Waals surface area contributed by atoms with Gasteiger partial charge in [0, 0.05) is 0 Å². The van der Waals surface area contributed by atoms with Crippen molar-refractivity contribution in [3.8, 4) is 5.75 Å². The Balaban J connectivity index is 2.00. The molecule has 0 amide bonds. The number of carboxylic acid groups (broad SMARTS) is 1. The number of hydrogen-bond donors (Lipinski definition) is 2. The van der Waals surface area contributed by atoms with Crippen molar-refractivity contribution in [1.29, 1.82) is 0 Å². The van der Waals surface area contributed by atoms with E-state index in [2.05, 4.69) is 0 Å². The number of benzene rings is 1. The van der Waals surface area contributed by atoms with Crippen LogP contribution in [0.3, 0.4) is 0 Å². The van der Waals surface area contributed by atoms with Crippen LogP contribution in [0.15, 0.2) is 18.2 Å². The molecule has 0 atom stereocenters. The molecule has 0 spiro atoms. The largest absolute Gasteiger partial charge is 0.491 e. The van der Waals surface area contributed by atoms with Crippen LogP contribution < -0.4 is 10.5 Å². The molecular weight excluding hydrogens is 218 g/mol. The maximum atomic E-state index is 11.0. The number of anilines is 1. The summed E-state index contributed by atoms with van der Waals surface area (Å²) in [5.41, 5.74) is 6.26. The summed E-state index contributed by atoms with van der Waals surface area (Å²) in [5.74, 6) is 0.0449. The van der Waals surface area contributed by atoms with Crippen molar-refractivity contribution in [1.82, 2.24) is 0 Å². The van der Waals surface area contributed by atoms with E-state index in [9.17, 15) is 4.79 Å². The standard InChI is InChI=1S/C13H17NO3/c14-11-6-2-5-10(13(15)16)12(11)17-8-7-9-3-1-4-9/h2,5-6,9H,1,3-4,7-8,14H2,(H,15,16). The lowest BCUT2D eigenvalue weighted by Crippen LogP contribution is -2.15. The van der Waals surface area contributed by atoms with Gasteiger partial charge in [-0.1, -0.05) is 25.3 Å². The first-order valence-corrected chi connectivity index (χ1v) is 5.93. The molecule has 17 heavy (non-hydrogen) atoms. The Morgan fingerprint density at radius 2 is 2.24 bits per heavy atom. The summed E-state index contributed by atoms with van der Waals surface area (Å²) in [5, 5.41) is 9.02. The normalized spacial score (nSPS) is 15.3. The first-order valence-electron chi connectivity index (χ1n) is 5.93. The predicted molar refractivity (Wildman–Crippen MR) is 65.3 cm³/mol. The molecule has 0 unspecified atom stereocenters. The lowest BCUT2D eigenvalue weighted by Gasteiger charge is -2.25. The van der Waals surface area contributed by atoms with E-state index in [1.807, 2.05) is 0 Å². The van der Waals surface area contributed by atoms with Gasteiger partial charge in [-0.05, 0) is 24.5 Å². The van der Waals surface area contributed by atoms with Gasteiger partial charge in [-0.3, -0.25) is 0 Å². The molecule has 1 aliphatic rings. The highest BCUT2D eigenvalue weighted by molar-refractivity contribution is 5.93. The number of hydrogen-bond acceptors (Lipinski definition) is 3. The molecule has 1 saturated carbocycles. The maximum Gasteiger partial charge on any atom is 0.339 e. The fourth-order valence-corrected chi connectivity index (χ4v) is 1.99. The van der Waals surface area contributed by atoms with E-state index in [0.29, 0.717) is 18.0 Å². The minimum Gasteiger partial charge on any atom is -0.491 e. The second-order valence-electron chi connectivity index (χ2n) is 4.46. The smallest absolute Gasteiger partial charge is 0.339 e. The van der Waals surface area contributed by atoms with Crippen molar-refractivity contribution in [2.24, 2.45) is 5.92 Å². The van der Waals surface area contributed by atoms with Crippen LogP contribution in [0.1, 0.15) is 36.0 Å². The van der Waals surface area contributed by atoms with Crippen LogP contribution in [-0.4, -0.2) is 17.7 Å². The lowest BCUT2D eigenvalue weighted by molar-refractivity contribution is 0.0692. The van der Waals surface area contributed by atoms with Crippen molar-refractivity contribution in [3.05, 3.63) is 23.8 Å². The monoisotopic (exact) mass is 235 g/mol. The fourth-order valence-electron chi connectivity index (χ4n) is 1.99. The van der Waals surface area contributed by atoms with Crippen LogP contribution in [0, 0.1) is 5.92 Å². The Hall–Kier alpha value is -1.71. The predicted octanol–water partition coefficient (Wildman–Crippen LogP) is 2.54. The van der Waals surface area contributed by atoms with Gasteiger partial charge in [-0.2, -0.15) is 0 Å². The summed E-state index contributed by atoms with van der Waals surface area (Å²) < 4.78 is 5.53. The first-order chi connectivity index (χ1) is 8.18. The van der Waals surface area contributed by atoms with Gasteiger partial charge in [0.25, 0.3) is 0 Å². The second-order valence-corrected chi connectivity index (χ2v) is 4.46. The highest BCUT2D eigenvalue weighted by atomic mass is 16.5. The summed E-state index contributed by atoms with van der Waals surface area (Å²) >= 11 is 0. The minimum atomic E-state index is -1.00. The number of aromatic carboxylic acids is 1. The number of para-hydroxylation sites is 1. The zero-order valence-electron chi connectivity index (χ0n) is 9.69. The summed E-state index contributed by atoms with van der Waals surface area (Å²) in [6.07, 6.45) is 4.81. The van der Waals surface area contributed by atoms with E-state index in [0.717, 1.165) is 12.3 Å². The molecule has 0 heterocycles. The first kappa shape index (κ1) is 11.8. The average Bonchev–Trinajstić information content (AvgIpc) is 2.23. The fraction of sp³-hybridized carbons (Fsp3) is 0.462. The van der Waals surface area contributed by atoms with Gasteiger partial charge in [0.2, 0.25) is 0 Å². The van der Waals surface area contributed by atoms with E-state index in [1.54, 1.807) is 12.1 Å². The van der Waals surface area contributed by atoms with Crippen LogP contribution in [0.4, 0.5) is 5.69 Å². The second kappa shape index (κ2) is 5.08. The van der Waals surface area contributed by atoms with Crippen LogP contribution in [0.5, 0.6) is 5.75 Å². The van der Waals surface area contributed by atoms with Crippen molar-refractivity contribution >= 4 is 11.7 Å². The van der Waals surface area contributed by atoms with Gasteiger partial charge in [0.05, 0.1) is 12.3 Å². The quantitative estimate of drug-likeness (QED) is 0.769. The number of ether oxygens (including phenoxy) is 1. The molecule has 4 nitrogen and oxygen atoms in total. The molecule has 3 N–H and O–H groups in total. The van der Waals surface area contributed by atoms with Crippen molar-refractivity contribution in [2.45, 2.75) is 25.7 Å². The van der Waals surface area contributed by atoms with E-state index >= 15 is 0 Å². The highest BCUT2D eigenvalue weighted by Crippen LogP contribution is 2.31. The van der Waals surface area contributed by atoms with E-state index in [1.165, 1.54) is 25.3 Å². The van der Waals surface area contributed by atoms with Crippen LogP contribution in [0.2, 0.25) is 0 Å². The van der Waals surface area contributed by atoms with Crippen molar-refractivity contribution < 1.29 is 14.6 Å². The number of carboxylic acids is 1. The van der Waals surface area contributed by atoms with Crippen molar-refractivity contribution in [2.75, 3.05) is 12.3 Å². The molecule has 0 aromatic heterocycles. The van der Waals surface area contributed by atoms with E-state index < -0.39 is 5.97 Å². The van der Waals surface area contributed by atoms with Gasteiger partial charge in [-0.15, -0.1) is 0 Å². The van der Waals surface area contributed by atoms with Crippen LogP contribution in [0.25, 0.3) is 0 Å². The van der Waals surface area contributed by atoms with Crippen LogP contribution >= 0.6 is 0 Å².